The second kappa shape index (κ2) is 8.10. The summed E-state index contributed by atoms with van der Waals surface area (Å²) < 4.78 is 14.0. The molecule has 0 spiro atoms. The molecule has 1 aromatic rings. The number of nitrogens with zero attached hydrogens (tertiary/aromatic N) is 1. The van der Waals surface area contributed by atoms with Crippen molar-refractivity contribution in [2.75, 3.05) is 25.6 Å². The first-order chi connectivity index (χ1) is 9.06. The number of rotatable bonds is 7. The van der Waals surface area contributed by atoms with Gasteiger partial charge in [-0.3, -0.25) is 4.90 Å². The van der Waals surface area contributed by atoms with Gasteiger partial charge < -0.3 is 5.73 Å². The fourth-order valence-electron chi connectivity index (χ4n) is 2.29. The van der Waals surface area contributed by atoms with Crippen molar-refractivity contribution in [2.45, 2.75) is 25.4 Å². The molecule has 108 valence electrons. The first-order valence-corrected chi connectivity index (χ1v) is 8.18. The first-order valence-electron chi connectivity index (χ1n) is 6.41. The first kappa shape index (κ1) is 16.8. The minimum absolute atomic E-state index is 0.189. The molecule has 1 rings (SSSR count). The van der Waals surface area contributed by atoms with Gasteiger partial charge in [0.25, 0.3) is 0 Å². The molecule has 0 radical (unpaired) electrons. The Balaban J connectivity index is 3.05. The predicted octanol–water partition coefficient (Wildman–Crippen LogP) is 3.55. The largest absolute Gasteiger partial charge is 0.329 e. The molecule has 5 heteroatoms. The van der Waals surface area contributed by atoms with Gasteiger partial charge in [0.2, 0.25) is 0 Å². The number of benzene rings is 1. The van der Waals surface area contributed by atoms with Crippen LogP contribution in [0.1, 0.15) is 24.9 Å². The Kier molecular flexibility index (Phi) is 7.15. The fraction of sp³-hybridized carbons (Fsp3) is 0.571. The summed E-state index contributed by atoms with van der Waals surface area (Å²) in [5, 5.41) is 0.446. The highest BCUT2D eigenvalue weighted by Gasteiger charge is 2.26. The third-order valence-corrected chi connectivity index (χ3v) is 4.50. The Morgan fingerprint density at radius 2 is 2.16 bits per heavy atom. The molecule has 2 N–H and O–H groups in total. The Labute approximate surface area is 124 Å². The van der Waals surface area contributed by atoms with Crippen LogP contribution in [-0.4, -0.2) is 36.5 Å². The summed E-state index contributed by atoms with van der Waals surface area (Å²) in [6, 6.07) is 4.94. The summed E-state index contributed by atoms with van der Waals surface area (Å²) in [6.07, 6.45) is 3.07. The summed E-state index contributed by atoms with van der Waals surface area (Å²) in [7, 11) is 1.99. The fourth-order valence-corrected chi connectivity index (χ4v) is 3.43. The van der Waals surface area contributed by atoms with E-state index in [-0.39, 0.29) is 11.9 Å². The number of nitrogens with two attached hydrogens (primary N) is 1. The molecule has 0 fully saturated rings. The molecule has 0 aromatic heterocycles. The van der Waals surface area contributed by atoms with Gasteiger partial charge in [0.1, 0.15) is 5.82 Å². The van der Waals surface area contributed by atoms with Crippen molar-refractivity contribution in [3.8, 4) is 0 Å². The van der Waals surface area contributed by atoms with E-state index < -0.39 is 0 Å². The summed E-state index contributed by atoms with van der Waals surface area (Å²) in [4.78, 5) is 2.14. The Morgan fingerprint density at radius 1 is 1.47 bits per heavy atom. The lowest BCUT2D eigenvalue weighted by Gasteiger charge is -2.34. The number of halogens is 2. The minimum Gasteiger partial charge on any atom is -0.329 e. The minimum atomic E-state index is -0.284. The average molecular weight is 305 g/mol. The maximum atomic E-state index is 14.0. The molecule has 0 aliphatic rings. The van der Waals surface area contributed by atoms with E-state index in [4.69, 9.17) is 17.3 Å². The zero-order valence-corrected chi connectivity index (χ0v) is 13.3. The molecule has 2 atom stereocenters. The van der Waals surface area contributed by atoms with Crippen molar-refractivity contribution in [1.29, 1.82) is 0 Å². The Bertz CT molecular complexity index is 383. The van der Waals surface area contributed by atoms with Gasteiger partial charge in [-0.05, 0) is 31.9 Å². The number of thioether (sulfide) groups is 1. The quantitative estimate of drug-likeness (QED) is 0.835. The molecule has 0 heterocycles. The molecule has 0 amide bonds. The third kappa shape index (κ3) is 4.09. The van der Waals surface area contributed by atoms with Gasteiger partial charge in [-0.2, -0.15) is 11.8 Å². The van der Waals surface area contributed by atoms with Gasteiger partial charge in [0, 0.05) is 28.9 Å². The summed E-state index contributed by atoms with van der Waals surface area (Å²) in [6.45, 7) is 2.48. The van der Waals surface area contributed by atoms with Crippen molar-refractivity contribution in [1.82, 2.24) is 4.90 Å². The zero-order chi connectivity index (χ0) is 14.4. The Hall–Kier alpha value is -0.290. The van der Waals surface area contributed by atoms with E-state index in [9.17, 15) is 4.39 Å². The van der Waals surface area contributed by atoms with E-state index >= 15 is 0 Å². The van der Waals surface area contributed by atoms with Crippen molar-refractivity contribution >= 4 is 23.4 Å². The zero-order valence-electron chi connectivity index (χ0n) is 11.7. The number of likely N-dealkylation sites (N-methyl/N-ethyl adjacent to an activating group) is 1. The van der Waals surface area contributed by atoms with E-state index in [1.165, 1.54) is 6.07 Å². The summed E-state index contributed by atoms with van der Waals surface area (Å²) >= 11 is 7.93. The number of hydrogen-bond acceptors (Lipinski definition) is 3. The van der Waals surface area contributed by atoms with Crippen LogP contribution in [0.5, 0.6) is 0 Å². The van der Waals surface area contributed by atoms with Crippen LogP contribution in [0.4, 0.5) is 4.39 Å². The highest BCUT2D eigenvalue weighted by molar-refractivity contribution is 7.98. The van der Waals surface area contributed by atoms with Crippen LogP contribution >= 0.6 is 23.4 Å². The molecule has 0 bridgehead atoms. The van der Waals surface area contributed by atoms with Gasteiger partial charge in [0.05, 0.1) is 6.04 Å². The monoisotopic (exact) mass is 304 g/mol. The average Bonchev–Trinajstić information content (AvgIpc) is 2.39. The van der Waals surface area contributed by atoms with Crippen molar-refractivity contribution < 1.29 is 4.39 Å². The van der Waals surface area contributed by atoms with Crippen molar-refractivity contribution in [3.05, 3.63) is 34.6 Å². The summed E-state index contributed by atoms with van der Waals surface area (Å²) in [5.41, 5.74) is 6.37. The normalized spacial score (nSPS) is 14.7. The van der Waals surface area contributed by atoms with Gasteiger partial charge in [0.15, 0.2) is 0 Å². The molecule has 0 aliphatic heterocycles. The van der Waals surface area contributed by atoms with E-state index in [1.807, 2.05) is 7.05 Å². The van der Waals surface area contributed by atoms with Gasteiger partial charge >= 0.3 is 0 Å². The molecule has 0 aliphatic carbocycles. The topological polar surface area (TPSA) is 29.3 Å². The number of hydrogen-bond donors (Lipinski definition) is 1. The molecule has 2 nitrogen and oxygen atoms in total. The maximum Gasteiger partial charge on any atom is 0.129 e. The van der Waals surface area contributed by atoms with E-state index in [1.54, 1.807) is 23.9 Å². The highest BCUT2D eigenvalue weighted by atomic mass is 35.5. The molecule has 0 saturated heterocycles. The molecule has 19 heavy (non-hydrogen) atoms. The standard InChI is InChI=1S/C14H22ClFN2S/c1-4-10(9-19-3)18(2)13(8-17)14-11(15)6-5-7-12(14)16/h5-7,10,13H,4,8-9,17H2,1-3H3. The second-order valence-electron chi connectivity index (χ2n) is 4.57. The van der Waals surface area contributed by atoms with Crippen LogP contribution in [0, 0.1) is 5.82 Å². The van der Waals surface area contributed by atoms with E-state index in [0.717, 1.165) is 12.2 Å². The van der Waals surface area contributed by atoms with Gasteiger partial charge in [-0.25, -0.2) is 4.39 Å². The lowest BCUT2D eigenvalue weighted by atomic mass is 10.0. The molecular weight excluding hydrogens is 283 g/mol. The third-order valence-electron chi connectivity index (χ3n) is 3.45. The smallest absolute Gasteiger partial charge is 0.129 e. The lowest BCUT2D eigenvalue weighted by Crippen LogP contribution is -2.40. The van der Waals surface area contributed by atoms with E-state index in [2.05, 4.69) is 18.1 Å². The predicted molar refractivity (Wildman–Crippen MR) is 83.4 cm³/mol. The SMILES string of the molecule is CCC(CSC)N(C)C(CN)c1c(F)cccc1Cl. The second-order valence-corrected chi connectivity index (χ2v) is 5.89. The van der Waals surface area contributed by atoms with Crippen LogP contribution in [0.15, 0.2) is 18.2 Å². The Morgan fingerprint density at radius 3 is 2.63 bits per heavy atom. The molecule has 2 unspecified atom stereocenters. The van der Waals surface area contributed by atoms with E-state index in [0.29, 0.717) is 23.2 Å². The van der Waals surface area contributed by atoms with Crippen LogP contribution in [0.2, 0.25) is 5.02 Å². The van der Waals surface area contributed by atoms with Gasteiger partial charge in [-0.15, -0.1) is 0 Å². The highest BCUT2D eigenvalue weighted by Crippen LogP contribution is 2.30. The molecule has 0 saturated carbocycles. The lowest BCUT2D eigenvalue weighted by molar-refractivity contribution is 0.184. The van der Waals surface area contributed by atoms with Crippen LogP contribution < -0.4 is 5.73 Å². The molecular formula is C14H22ClFN2S. The van der Waals surface area contributed by atoms with Crippen LogP contribution in [-0.2, 0) is 0 Å². The summed E-state index contributed by atoms with van der Waals surface area (Å²) in [5.74, 6) is 0.712. The van der Waals surface area contributed by atoms with Crippen LogP contribution in [0.25, 0.3) is 0 Å². The van der Waals surface area contributed by atoms with Crippen molar-refractivity contribution in [2.24, 2.45) is 5.73 Å². The molecule has 1 aromatic carbocycles. The van der Waals surface area contributed by atoms with Gasteiger partial charge in [-0.1, -0.05) is 24.6 Å². The van der Waals surface area contributed by atoms with Crippen LogP contribution in [0.3, 0.4) is 0 Å². The van der Waals surface area contributed by atoms with Crippen molar-refractivity contribution in [3.63, 3.8) is 0 Å². The maximum absolute atomic E-state index is 14.0.